The molecule has 0 saturated heterocycles. The van der Waals surface area contributed by atoms with Gasteiger partial charge in [-0.2, -0.15) is 9.78 Å². The smallest absolute Gasteiger partial charge is 0.274 e. The quantitative estimate of drug-likeness (QED) is 0.510. The number of para-hydroxylation sites is 1. The number of hydrogen-bond donors (Lipinski definition) is 0. The summed E-state index contributed by atoms with van der Waals surface area (Å²) in [6.45, 7) is 0.444. The summed E-state index contributed by atoms with van der Waals surface area (Å²) in [5.41, 5.74) is 3.86. The Balaban J connectivity index is 1.51. The van der Waals surface area contributed by atoms with Crippen molar-refractivity contribution in [1.82, 2.24) is 14.7 Å². The monoisotopic (exact) mass is 395 g/mol. The average Bonchev–Trinajstić information content (AvgIpc) is 2.80. The average molecular weight is 395 g/mol. The molecule has 0 bridgehead atoms. The molecule has 0 aliphatic rings. The molecule has 5 nitrogen and oxygen atoms in total. The highest BCUT2D eigenvalue weighted by molar-refractivity contribution is 5.91. The van der Waals surface area contributed by atoms with Crippen molar-refractivity contribution in [2.24, 2.45) is 0 Å². The summed E-state index contributed by atoms with van der Waals surface area (Å²) in [5, 5.41) is 4.27. The van der Waals surface area contributed by atoms with E-state index >= 15 is 0 Å². The van der Waals surface area contributed by atoms with Crippen LogP contribution in [0.5, 0.6) is 0 Å². The Morgan fingerprint density at radius 1 is 0.800 bits per heavy atom. The van der Waals surface area contributed by atoms with E-state index in [0.717, 1.165) is 16.7 Å². The van der Waals surface area contributed by atoms with E-state index in [1.807, 2.05) is 48.5 Å². The first-order chi connectivity index (χ1) is 14.6. The van der Waals surface area contributed by atoms with Crippen molar-refractivity contribution < 1.29 is 4.79 Å². The maximum absolute atomic E-state index is 12.9. The molecule has 0 aliphatic carbocycles. The standard InChI is InChI=1S/C25H21N3O2/c1-27(18-19-12-14-21(15-13-19)20-8-4-2-5-9-20)25(30)23-16-17-24(29)28(26-23)22-10-6-3-7-11-22/h2-17H,18H2,1H3. The van der Waals surface area contributed by atoms with E-state index in [1.54, 1.807) is 24.1 Å². The minimum Gasteiger partial charge on any atom is -0.336 e. The number of nitrogens with zero attached hydrogens (tertiary/aromatic N) is 3. The molecule has 4 aromatic rings. The third-order valence-electron chi connectivity index (χ3n) is 4.85. The van der Waals surface area contributed by atoms with Crippen molar-refractivity contribution in [1.29, 1.82) is 0 Å². The lowest BCUT2D eigenvalue weighted by atomic mass is 10.0. The minimum absolute atomic E-state index is 0.224. The van der Waals surface area contributed by atoms with Gasteiger partial charge in [0, 0.05) is 19.7 Å². The number of aromatic nitrogens is 2. The molecule has 1 amide bonds. The molecule has 4 rings (SSSR count). The Hall–Kier alpha value is -3.99. The third-order valence-corrected chi connectivity index (χ3v) is 4.85. The topological polar surface area (TPSA) is 55.2 Å². The summed E-state index contributed by atoms with van der Waals surface area (Å²) in [6.07, 6.45) is 0. The third kappa shape index (κ3) is 4.20. The lowest BCUT2D eigenvalue weighted by Crippen LogP contribution is -2.30. The predicted molar refractivity (Wildman–Crippen MR) is 118 cm³/mol. The first kappa shape index (κ1) is 19.3. The van der Waals surface area contributed by atoms with Gasteiger partial charge in [-0.3, -0.25) is 9.59 Å². The second kappa shape index (κ2) is 8.57. The summed E-state index contributed by atoms with van der Waals surface area (Å²) in [4.78, 5) is 26.7. The molecule has 1 aromatic heterocycles. The van der Waals surface area contributed by atoms with Crippen molar-refractivity contribution in [2.45, 2.75) is 6.54 Å². The first-order valence-electron chi connectivity index (χ1n) is 9.67. The van der Waals surface area contributed by atoms with Crippen molar-refractivity contribution in [3.63, 3.8) is 0 Å². The molecule has 0 unspecified atom stereocenters. The number of amides is 1. The van der Waals surface area contributed by atoms with Gasteiger partial charge in [-0.25, -0.2) is 0 Å². The van der Waals surface area contributed by atoms with E-state index in [4.69, 9.17) is 0 Å². The van der Waals surface area contributed by atoms with E-state index < -0.39 is 0 Å². The van der Waals surface area contributed by atoms with Gasteiger partial charge in [0.05, 0.1) is 5.69 Å². The Morgan fingerprint density at radius 3 is 2.07 bits per heavy atom. The van der Waals surface area contributed by atoms with E-state index in [0.29, 0.717) is 12.2 Å². The molecule has 148 valence electrons. The fraction of sp³-hybridized carbons (Fsp3) is 0.0800. The summed E-state index contributed by atoms with van der Waals surface area (Å²) >= 11 is 0. The van der Waals surface area contributed by atoms with Crippen molar-refractivity contribution >= 4 is 5.91 Å². The maximum Gasteiger partial charge on any atom is 0.274 e. The largest absolute Gasteiger partial charge is 0.336 e. The Morgan fingerprint density at radius 2 is 1.40 bits per heavy atom. The Bertz CT molecular complexity index is 1200. The Kier molecular flexibility index (Phi) is 5.52. The number of carbonyl (C=O) groups excluding carboxylic acids is 1. The van der Waals surface area contributed by atoms with Crippen LogP contribution in [0.4, 0.5) is 0 Å². The van der Waals surface area contributed by atoms with E-state index in [2.05, 4.69) is 29.4 Å². The van der Waals surface area contributed by atoms with Crippen LogP contribution in [0.15, 0.2) is 102 Å². The van der Waals surface area contributed by atoms with Crippen LogP contribution < -0.4 is 5.56 Å². The lowest BCUT2D eigenvalue weighted by Gasteiger charge is -2.17. The zero-order valence-corrected chi connectivity index (χ0v) is 16.6. The summed E-state index contributed by atoms with van der Waals surface area (Å²) in [6, 6.07) is 30.2. The van der Waals surface area contributed by atoms with Gasteiger partial charge >= 0.3 is 0 Å². The van der Waals surface area contributed by atoms with Crippen LogP contribution in [0.1, 0.15) is 16.1 Å². The molecule has 3 aromatic carbocycles. The van der Waals surface area contributed by atoms with E-state index in [1.165, 1.54) is 16.8 Å². The van der Waals surface area contributed by atoms with Gasteiger partial charge in [-0.15, -0.1) is 0 Å². The summed E-state index contributed by atoms with van der Waals surface area (Å²) < 4.78 is 1.25. The van der Waals surface area contributed by atoms with Crippen LogP contribution in [0.2, 0.25) is 0 Å². The maximum atomic E-state index is 12.9. The van der Waals surface area contributed by atoms with Crippen LogP contribution in [0, 0.1) is 0 Å². The van der Waals surface area contributed by atoms with Gasteiger partial charge < -0.3 is 4.90 Å². The molecular formula is C25H21N3O2. The minimum atomic E-state index is -0.281. The van der Waals surface area contributed by atoms with E-state index in [9.17, 15) is 9.59 Å². The highest BCUT2D eigenvalue weighted by Crippen LogP contribution is 2.20. The van der Waals surface area contributed by atoms with Gasteiger partial charge in [-0.05, 0) is 34.9 Å². The molecule has 5 heteroatoms. The van der Waals surface area contributed by atoms with Crippen LogP contribution in [-0.4, -0.2) is 27.6 Å². The number of carbonyl (C=O) groups is 1. The van der Waals surface area contributed by atoms with Crippen LogP contribution in [0.3, 0.4) is 0 Å². The van der Waals surface area contributed by atoms with Gasteiger partial charge in [0.15, 0.2) is 0 Å². The molecule has 0 radical (unpaired) electrons. The molecule has 30 heavy (non-hydrogen) atoms. The van der Waals surface area contributed by atoms with E-state index in [-0.39, 0.29) is 17.2 Å². The summed E-state index contributed by atoms with van der Waals surface area (Å²) in [5.74, 6) is -0.244. The fourth-order valence-electron chi connectivity index (χ4n) is 3.25. The fourth-order valence-corrected chi connectivity index (χ4v) is 3.25. The zero-order chi connectivity index (χ0) is 20.9. The van der Waals surface area contributed by atoms with Gasteiger partial charge in [0.2, 0.25) is 0 Å². The molecule has 0 aliphatic heterocycles. The second-order valence-corrected chi connectivity index (χ2v) is 7.03. The molecular weight excluding hydrogens is 374 g/mol. The van der Waals surface area contributed by atoms with Crippen molar-refractivity contribution in [3.8, 4) is 16.8 Å². The second-order valence-electron chi connectivity index (χ2n) is 7.03. The van der Waals surface area contributed by atoms with Gasteiger partial charge in [0.25, 0.3) is 11.5 Å². The molecule has 1 heterocycles. The highest BCUT2D eigenvalue weighted by atomic mass is 16.2. The van der Waals surface area contributed by atoms with Gasteiger partial charge in [0.1, 0.15) is 5.69 Å². The predicted octanol–water partition coefficient (Wildman–Crippen LogP) is 4.17. The molecule has 0 atom stereocenters. The highest BCUT2D eigenvalue weighted by Gasteiger charge is 2.15. The molecule has 0 saturated carbocycles. The van der Waals surface area contributed by atoms with Crippen LogP contribution >= 0.6 is 0 Å². The normalized spacial score (nSPS) is 10.6. The number of hydrogen-bond acceptors (Lipinski definition) is 3. The van der Waals surface area contributed by atoms with Crippen molar-refractivity contribution in [2.75, 3.05) is 7.05 Å². The Labute approximate surface area is 174 Å². The number of rotatable bonds is 5. The number of benzene rings is 3. The van der Waals surface area contributed by atoms with Crippen LogP contribution in [0.25, 0.3) is 16.8 Å². The molecule has 0 fully saturated rings. The molecule has 0 spiro atoms. The SMILES string of the molecule is CN(Cc1ccc(-c2ccccc2)cc1)C(=O)c1ccc(=O)n(-c2ccccc2)n1. The lowest BCUT2D eigenvalue weighted by molar-refractivity contribution is 0.0777. The summed E-state index contributed by atoms with van der Waals surface area (Å²) in [7, 11) is 1.73. The zero-order valence-electron chi connectivity index (χ0n) is 16.6. The van der Waals surface area contributed by atoms with Gasteiger partial charge in [-0.1, -0.05) is 72.8 Å². The van der Waals surface area contributed by atoms with Crippen molar-refractivity contribution in [3.05, 3.63) is 119 Å². The van der Waals surface area contributed by atoms with Crippen LogP contribution in [-0.2, 0) is 6.54 Å². The first-order valence-corrected chi connectivity index (χ1v) is 9.67. The molecule has 0 N–H and O–H groups in total.